The van der Waals surface area contributed by atoms with Crippen molar-refractivity contribution in [3.05, 3.63) is 0 Å². The summed E-state index contributed by atoms with van der Waals surface area (Å²) < 4.78 is 0. The molecule has 0 radical (unpaired) electrons. The molecule has 1 heteroatoms. The summed E-state index contributed by atoms with van der Waals surface area (Å²) in [5, 5.41) is 3.77. The SMILES string of the molecule is CCC(C)(C)N[C@](C)(CC)C(C)C. The molecular formula is C12H27N. The Morgan fingerprint density at radius 1 is 1.00 bits per heavy atom. The van der Waals surface area contributed by atoms with E-state index < -0.39 is 0 Å². The number of rotatable bonds is 5. The lowest BCUT2D eigenvalue weighted by Gasteiger charge is -2.41. The van der Waals surface area contributed by atoms with E-state index in [2.05, 4.69) is 53.8 Å². The third kappa shape index (κ3) is 3.68. The molecule has 0 aromatic rings. The molecule has 0 bridgehead atoms. The van der Waals surface area contributed by atoms with Gasteiger partial charge in [0.15, 0.2) is 0 Å². The zero-order valence-corrected chi connectivity index (χ0v) is 10.5. The standard InChI is InChI=1S/C12H27N/c1-8-11(5,6)13-12(7,9-2)10(3)4/h10,13H,8-9H2,1-7H3/t12-/m1/s1. The van der Waals surface area contributed by atoms with E-state index in [0.29, 0.717) is 5.92 Å². The quantitative estimate of drug-likeness (QED) is 0.690. The molecule has 0 aromatic heterocycles. The highest BCUT2D eigenvalue weighted by Crippen LogP contribution is 2.24. The van der Waals surface area contributed by atoms with Crippen molar-refractivity contribution in [2.24, 2.45) is 5.92 Å². The summed E-state index contributed by atoms with van der Waals surface area (Å²) >= 11 is 0. The van der Waals surface area contributed by atoms with Gasteiger partial charge in [-0.15, -0.1) is 0 Å². The molecule has 0 rings (SSSR count). The number of nitrogens with one attached hydrogen (secondary N) is 1. The lowest BCUT2D eigenvalue weighted by molar-refractivity contribution is 0.179. The van der Waals surface area contributed by atoms with Crippen LogP contribution in [0.5, 0.6) is 0 Å². The third-order valence-corrected chi connectivity index (χ3v) is 3.52. The van der Waals surface area contributed by atoms with Crippen molar-refractivity contribution in [3.8, 4) is 0 Å². The van der Waals surface area contributed by atoms with E-state index in [-0.39, 0.29) is 11.1 Å². The molecule has 0 heterocycles. The second-order valence-corrected chi connectivity index (χ2v) is 5.29. The Kier molecular flexibility index (Phi) is 4.44. The van der Waals surface area contributed by atoms with Crippen LogP contribution in [-0.4, -0.2) is 11.1 Å². The Labute approximate surface area is 84.3 Å². The fourth-order valence-electron chi connectivity index (χ4n) is 1.50. The average Bonchev–Trinajstić information content (AvgIpc) is 2.03. The van der Waals surface area contributed by atoms with Gasteiger partial charge in [0.1, 0.15) is 0 Å². The molecule has 0 saturated heterocycles. The van der Waals surface area contributed by atoms with Crippen LogP contribution < -0.4 is 5.32 Å². The Hall–Kier alpha value is -0.0400. The third-order valence-electron chi connectivity index (χ3n) is 3.52. The fourth-order valence-corrected chi connectivity index (χ4v) is 1.50. The van der Waals surface area contributed by atoms with Crippen LogP contribution >= 0.6 is 0 Å². The van der Waals surface area contributed by atoms with Gasteiger partial charge >= 0.3 is 0 Å². The van der Waals surface area contributed by atoms with Crippen LogP contribution in [0.2, 0.25) is 0 Å². The van der Waals surface area contributed by atoms with Crippen LogP contribution in [0.15, 0.2) is 0 Å². The van der Waals surface area contributed by atoms with Gasteiger partial charge in [-0.2, -0.15) is 0 Å². The molecule has 0 saturated carbocycles. The van der Waals surface area contributed by atoms with Crippen LogP contribution in [0.4, 0.5) is 0 Å². The van der Waals surface area contributed by atoms with Crippen molar-refractivity contribution in [1.82, 2.24) is 5.32 Å². The monoisotopic (exact) mass is 185 g/mol. The average molecular weight is 185 g/mol. The van der Waals surface area contributed by atoms with E-state index in [0.717, 1.165) is 0 Å². The van der Waals surface area contributed by atoms with E-state index >= 15 is 0 Å². The predicted octanol–water partition coefficient (Wildman–Crippen LogP) is 3.59. The van der Waals surface area contributed by atoms with Crippen molar-refractivity contribution >= 4 is 0 Å². The molecule has 0 aliphatic heterocycles. The molecule has 1 atom stereocenters. The lowest BCUT2D eigenvalue weighted by Crippen LogP contribution is -2.55. The minimum Gasteiger partial charge on any atom is -0.306 e. The maximum Gasteiger partial charge on any atom is 0.0178 e. The van der Waals surface area contributed by atoms with Crippen LogP contribution in [-0.2, 0) is 0 Å². The van der Waals surface area contributed by atoms with E-state index in [4.69, 9.17) is 0 Å². The smallest absolute Gasteiger partial charge is 0.0178 e. The minimum atomic E-state index is 0.259. The van der Waals surface area contributed by atoms with Crippen LogP contribution in [0, 0.1) is 5.92 Å². The molecule has 13 heavy (non-hydrogen) atoms. The number of hydrogen-bond donors (Lipinski definition) is 1. The van der Waals surface area contributed by atoms with Crippen LogP contribution in [0.1, 0.15) is 61.3 Å². The van der Waals surface area contributed by atoms with Crippen molar-refractivity contribution in [1.29, 1.82) is 0 Å². The summed E-state index contributed by atoms with van der Waals surface area (Å²) in [6.07, 6.45) is 2.36. The summed E-state index contributed by atoms with van der Waals surface area (Å²) in [6, 6.07) is 0. The first-order valence-corrected chi connectivity index (χ1v) is 5.56. The molecule has 1 nitrogen and oxygen atoms in total. The maximum absolute atomic E-state index is 3.77. The molecule has 0 aliphatic rings. The molecule has 1 N–H and O–H groups in total. The maximum atomic E-state index is 3.77. The lowest BCUT2D eigenvalue weighted by atomic mass is 9.83. The highest BCUT2D eigenvalue weighted by Gasteiger charge is 2.31. The van der Waals surface area contributed by atoms with Gasteiger partial charge in [-0.3, -0.25) is 0 Å². The first kappa shape index (κ1) is 13.0. The molecule has 0 aliphatic carbocycles. The van der Waals surface area contributed by atoms with Gasteiger partial charge in [-0.1, -0.05) is 27.7 Å². The van der Waals surface area contributed by atoms with E-state index in [1.807, 2.05) is 0 Å². The molecule has 0 amide bonds. The van der Waals surface area contributed by atoms with E-state index in [9.17, 15) is 0 Å². The number of hydrogen-bond acceptors (Lipinski definition) is 1. The molecular weight excluding hydrogens is 158 g/mol. The molecule has 0 aromatic carbocycles. The molecule has 80 valence electrons. The Morgan fingerprint density at radius 3 is 1.69 bits per heavy atom. The van der Waals surface area contributed by atoms with Gasteiger partial charge in [-0.05, 0) is 39.5 Å². The second kappa shape index (κ2) is 4.45. The largest absolute Gasteiger partial charge is 0.306 e. The Bertz CT molecular complexity index is 149. The predicted molar refractivity (Wildman–Crippen MR) is 61.0 cm³/mol. The van der Waals surface area contributed by atoms with E-state index in [1.54, 1.807) is 0 Å². The first-order valence-electron chi connectivity index (χ1n) is 5.56. The summed E-state index contributed by atoms with van der Waals surface area (Å²) in [7, 11) is 0. The van der Waals surface area contributed by atoms with Crippen molar-refractivity contribution in [3.63, 3.8) is 0 Å². The highest BCUT2D eigenvalue weighted by atomic mass is 15.0. The zero-order valence-electron chi connectivity index (χ0n) is 10.5. The van der Waals surface area contributed by atoms with Gasteiger partial charge in [0.2, 0.25) is 0 Å². The summed E-state index contributed by atoms with van der Waals surface area (Å²) in [5.41, 5.74) is 0.536. The van der Waals surface area contributed by atoms with Crippen LogP contribution in [0.3, 0.4) is 0 Å². The molecule has 0 unspecified atom stereocenters. The summed E-state index contributed by atoms with van der Waals surface area (Å²) in [5.74, 6) is 0.684. The Balaban J connectivity index is 4.44. The Morgan fingerprint density at radius 2 is 1.46 bits per heavy atom. The minimum absolute atomic E-state index is 0.259. The fraction of sp³-hybridized carbons (Fsp3) is 1.00. The molecule has 0 spiro atoms. The summed E-state index contributed by atoms with van der Waals surface area (Å²) in [4.78, 5) is 0. The zero-order chi connectivity index (χ0) is 10.7. The van der Waals surface area contributed by atoms with Crippen molar-refractivity contribution in [2.75, 3.05) is 0 Å². The van der Waals surface area contributed by atoms with Crippen molar-refractivity contribution < 1.29 is 0 Å². The highest BCUT2D eigenvalue weighted by molar-refractivity contribution is 4.91. The van der Waals surface area contributed by atoms with Gasteiger partial charge in [0.05, 0.1) is 0 Å². The summed E-state index contributed by atoms with van der Waals surface area (Å²) in [6.45, 7) is 16.0. The van der Waals surface area contributed by atoms with Gasteiger partial charge in [0.25, 0.3) is 0 Å². The first-order chi connectivity index (χ1) is 5.77. The molecule has 0 fully saturated rings. The van der Waals surface area contributed by atoms with Gasteiger partial charge in [-0.25, -0.2) is 0 Å². The van der Waals surface area contributed by atoms with Crippen molar-refractivity contribution in [2.45, 2.75) is 72.4 Å². The van der Waals surface area contributed by atoms with E-state index in [1.165, 1.54) is 12.8 Å². The van der Waals surface area contributed by atoms with Crippen LogP contribution in [0.25, 0.3) is 0 Å². The normalized spacial score (nSPS) is 17.5. The van der Waals surface area contributed by atoms with Gasteiger partial charge in [0, 0.05) is 11.1 Å². The second-order valence-electron chi connectivity index (χ2n) is 5.29. The topological polar surface area (TPSA) is 12.0 Å². The van der Waals surface area contributed by atoms with Gasteiger partial charge < -0.3 is 5.32 Å².